The maximum absolute atomic E-state index is 6.02. The van der Waals surface area contributed by atoms with Crippen molar-refractivity contribution in [3.8, 4) is 0 Å². The van der Waals surface area contributed by atoms with E-state index in [-0.39, 0.29) is 5.60 Å². The van der Waals surface area contributed by atoms with Crippen LogP contribution in [0.4, 0.5) is 0 Å². The Morgan fingerprint density at radius 1 is 1.28 bits per heavy atom. The van der Waals surface area contributed by atoms with Crippen molar-refractivity contribution in [2.24, 2.45) is 11.7 Å². The summed E-state index contributed by atoms with van der Waals surface area (Å²) < 4.78 is 6.02. The van der Waals surface area contributed by atoms with Gasteiger partial charge in [0.15, 0.2) is 0 Å². The number of rotatable bonds is 2. The molecule has 4 heteroatoms. The Morgan fingerprint density at radius 2 is 2.11 bits per heavy atom. The predicted molar refractivity (Wildman–Crippen MR) is 76.6 cm³/mol. The van der Waals surface area contributed by atoms with Crippen LogP contribution in [-0.4, -0.2) is 41.2 Å². The van der Waals surface area contributed by atoms with Crippen molar-refractivity contribution in [1.29, 1.82) is 0 Å². The first-order chi connectivity index (χ1) is 8.69. The third-order valence-electron chi connectivity index (χ3n) is 5.10. The van der Waals surface area contributed by atoms with Crippen molar-refractivity contribution in [1.82, 2.24) is 4.90 Å². The minimum atomic E-state index is 0.249. The molecule has 0 radical (unpaired) electrons. The lowest BCUT2D eigenvalue weighted by Gasteiger charge is -2.50. The molecule has 3 aliphatic rings. The molecule has 1 saturated carbocycles. The highest BCUT2D eigenvalue weighted by atomic mass is 32.1. The van der Waals surface area contributed by atoms with Crippen LogP contribution in [0.5, 0.6) is 0 Å². The topological polar surface area (TPSA) is 38.5 Å². The van der Waals surface area contributed by atoms with E-state index in [0.29, 0.717) is 16.9 Å². The van der Waals surface area contributed by atoms with E-state index < -0.39 is 0 Å². The second-order valence-corrected chi connectivity index (χ2v) is 6.74. The first-order valence-electron chi connectivity index (χ1n) is 7.36. The van der Waals surface area contributed by atoms with Crippen LogP contribution in [0.15, 0.2) is 0 Å². The fourth-order valence-corrected chi connectivity index (χ4v) is 4.00. The fourth-order valence-electron chi connectivity index (χ4n) is 3.80. The zero-order valence-corrected chi connectivity index (χ0v) is 11.9. The minimum absolute atomic E-state index is 0.249. The van der Waals surface area contributed by atoms with Crippen LogP contribution in [0.2, 0.25) is 0 Å². The molecule has 0 aromatic heterocycles. The van der Waals surface area contributed by atoms with Gasteiger partial charge in [0.25, 0.3) is 0 Å². The zero-order chi connectivity index (χ0) is 12.6. The summed E-state index contributed by atoms with van der Waals surface area (Å²) >= 11 is 5.18. The normalized spacial score (nSPS) is 36.2. The van der Waals surface area contributed by atoms with Gasteiger partial charge in [-0.3, -0.25) is 4.90 Å². The largest absolute Gasteiger partial charge is 0.393 e. The van der Waals surface area contributed by atoms with E-state index in [2.05, 4.69) is 4.90 Å². The van der Waals surface area contributed by atoms with Crippen molar-refractivity contribution >= 4 is 17.2 Å². The summed E-state index contributed by atoms with van der Waals surface area (Å²) in [6.45, 7) is 3.24. The average Bonchev–Trinajstić information content (AvgIpc) is 2.37. The molecule has 3 nitrogen and oxygen atoms in total. The Kier molecular flexibility index (Phi) is 3.61. The number of nitrogens with zero attached hydrogens (tertiary/aromatic N) is 1. The van der Waals surface area contributed by atoms with E-state index in [1.165, 1.54) is 51.5 Å². The highest BCUT2D eigenvalue weighted by molar-refractivity contribution is 7.80. The van der Waals surface area contributed by atoms with Crippen molar-refractivity contribution in [3.63, 3.8) is 0 Å². The van der Waals surface area contributed by atoms with Gasteiger partial charge in [-0.1, -0.05) is 12.2 Å². The van der Waals surface area contributed by atoms with Gasteiger partial charge in [-0.15, -0.1) is 0 Å². The van der Waals surface area contributed by atoms with Crippen LogP contribution in [0.3, 0.4) is 0 Å². The van der Waals surface area contributed by atoms with E-state index in [1.807, 2.05) is 0 Å². The van der Waals surface area contributed by atoms with Gasteiger partial charge in [0.2, 0.25) is 0 Å². The first kappa shape index (κ1) is 12.8. The molecule has 18 heavy (non-hydrogen) atoms. The minimum Gasteiger partial charge on any atom is -0.393 e. The number of likely N-dealkylation sites (tertiary alicyclic amines) is 1. The standard InChI is InChI=1S/C14H24N2OS/c15-13(18)11-3-1-7-16(10-11)12-4-8-17-14(9-12)5-2-6-14/h11-12H,1-10H2,(H2,15,18). The molecule has 0 aromatic rings. The first-order valence-corrected chi connectivity index (χ1v) is 7.77. The number of hydrogen-bond donors (Lipinski definition) is 1. The highest BCUT2D eigenvalue weighted by Crippen LogP contribution is 2.43. The molecule has 1 aliphatic carbocycles. The van der Waals surface area contributed by atoms with Gasteiger partial charge in [0, 0.05) is 25.1 Å². The lowest BCUT2D eigenvalue weighted by molar-refractivity contribution is -0.150. The van der Waals surface area contributed by atoms with Gasteiger partial charge in [0.1, 0.15) is 0 Å². The van der Waals surface area contributed by atoms with Gasteiger partial charge in [-0.05, 0) is 51.5 Å². The number of hydrogen-bond acceptors (Lipinski definition) is 3. The summed E-state index contributed by atoms with van der Waals surface area (Å²) in [6.07, 6.45) is 8.74. The quantitative estimate of drug-likeness (QED) is 0.778. The van der Waals surface area contributed by atoms with Crippen molar-refractivity contribution in [2.75, 3.05) is 19.7 Å². The molecule has 2 N–H and O–H groups in total. The van der Waals surface area contributed by atoms with E-state index >= 15 is 0 Å². The third kappa shape index (κ3) is 2.43. The van der Waals surface area contributed by atoms with E-state index in [9.17, 15) is 0 Å². The second-order valence-electron chi connectivity index (χ2n) is 6.27. The summed E-state index contributed by atoms with van der Waals surface area (Å²) in [6, 6.07) is 0.705. The van der Waals surface area contributed by atoms with Gasteiger partial charge >= 0.3 is 0 Å². The summed E-state index contributed by atoms with van der Waals surface area (Å²) in [4.78, 5) is 3.35. The van der Waals surface area contributed by atoms with Crippen LogP contribution in [0, 0.1) is 5.92 Å². The van der Waals surface area contributed by atoms with Crippen LogP contribution in [-0.2, 0) is 4.74 Å². The van der Waals surface area contributed by atoms with Gasteiger partial charge in [0.05, 0.1) is 10.6 Å². The second kappa shape index (κ2) is 5.06. The Balaban J connectivity index is 1.61. The summed E-state index contributed by atoms with van der Waals surface area (Å²) in [5.74, 6) is 0.439. The van der Waals surface area contributed by atoms with Crippen LogP contribution < -0.4 is 5.73 Å². The number of nitrogens with two attached hydrogens (primary N) is 1. The monoisotopic (exact) mass is 268 g/mol. The van der Waals surface area contributed by atoms with Gasteiger partial charge in [-0.25, -0.2) is 0 Å². The van der Waals surface area contributed by atoms with E-state index in [1.54, 1.807) is 0 Å². The summed E-state index contributed by atoms with van der Waals surface area (Å²) in [5.41, 5.74) is 6.08. The smallest absolute Gasteiger partial charge is 0.0771 e. The molecule has 2 unspecified atom stereocenters. The lowest BCUT2D eigenvalue weighted by atomic mass is 9.73. The van der Waals surface area contributed by atoms with Crippen molar-refractivity contribution in [3.05, 3.63) is 0 Å². The molecule has 2 saturated heterocycles. The molecule has 2 aliphatic heterocycles. The Morgan fingerprint density at radius 3 is 2.78 bits per heavy atom. The van der Waals surface area contributed by atoms with Crippen LogP contribution in [0.1, 0.15) is 44.9 Å². The van der Waals surface area contributed by atoms with E-state index in [4.69, 9.17) is 22.7 Å². The number of thiocarbonyl (C=S) groups is 1. The fraction of sp³-hybridized carbons (Fsp3) is 0.929. The summed E-state index contributed by atoms with van der Waals surface area (Å²) in [5, 5.41) is 0. The lowest BCUT2D eigenvalue weighted by Crippen LogP contribution is -2.54. The summed E-state index contributed by atoms with van der Waals surface area (Å²) in [7, 11) is 0. The molecule has 2 heterocycles. The predicted octanol–water partition coefficient (Wildman–Crippen LogP) is 2.09. The van der Waals surface area contributed by atoms with Crippen LogP contribution in [0.25, 0.3) is 0 Å². The molecule has 0 aromatic carbocycles. The molecule has 0 amide bonds. The zero-order valence-electron chi connectivity index (χ0n) is 11.1. The SMILES string of the molecule is NC(=S)C1CCCN(C2CCOC3(CCC3)C2)C1. The number of ether oxygens (including phenoxy) is 1. The molecular weight excluding hydrogens is 244 g/mol. The van der Waals surface area contributed by atoms with Gasteiger partial charge < -0.3 is 10.5 Å². The van der Waals surface area contributed by atoms with Crippen LogP contribution >= 0.6 is 12.2 Å². The molecule has 2 atom stereocenters. The average molecular weight is 268 g/mol. The Labute approximate surface area is 115 Å². The van der Waals surface area contributed by atoms with Crippen molar-refractivity contribution in [2.45, 2.75) is 56.6 Å². The maximum atomic E-state index is 6.02. The molecule has 1 spiro atoms. The molecule has 3 fully saturated rings. The molecular formula is C14H24N2OS. The molecule has 102 valence electrons. The number of piperidine rings is 1. The van der Waals surface area contributed by atoms with Gasteiger partial charge in [-0.2, -0.15) is 0 Å². The Bertz CT molecular complexity index is 330. The van der Waals surface area contributed by atoms with E-state index in [0.717, 1.165) is 13.2 Å². The molecule has 0 bridgehead atoms. The maximum Gasteiger partial charge on any atom is 0.0771 e. The highest BCUT2D eigenvalue weighted by Gasteiger charge is 2.44. The molecule has 3 rings (SSSR count). The van der Waals surface area contributed by atoms with Crippen molar-refractivity contribution < 1.29 is 4.74 Å². The third-order valence-corrected chi connectivity index (χ3v) is 5.44. The Hall–Kier alpha value is -0.190.